The van der Waals surface area contributed by atoms with Crippen LogP contribution in [0.2, 0.25) is 0 Å². The molecule has 0 bridgehead atoms. The van der Waals surface area contributed by atoms with Crippen LogP contribution in [0.3, 0.4) is 0 Å². The molecule has 0 amide bonds. The maximum atomic E-state index is 11.5. The molecule has 0 N–H and O–H groups in total. The number of esters is 1. The summed E-state index contributed by atoms with van der Waals surface area (Å²) in [5, 5.41) is 0. The first kappa shape index (κ1) is 13.3. The molecule has 0 fully saturated rings. The first-order valence-electron chi connectivity index (χ1n) is 5.10. The van der Waals surface area contributed by atoms with Crippen molar-refractivity contribution < 1.29 is 14.3 Å². The molecule has 0 aromatic heterocycles. The highest BCUT2D eigenvalue weighted by Crippen LogP contribution is 2.05. The Morgan fingerprint density at radius 2 is 1.94 bits per heavy atom. The molecule has 1 rings (SSSR count). The Balaban J connectivity index is 2.80. The second kappa shape index (κ2) is 6.77. The van der Waals surface area contributed by atoms with Gasteiger partial charge in [-0.25, -0.2) is 4.79 Å². The van der Waals surface area contributed by atoms with Gasteiger partial charge in [-0.05, 0) is 31.2 Å². The van der Waals surface area contributed by atoms with Gasteiger partial charge in [-0.1, -0.05) is 11.8 Å². The van der Waals surface area contributed by atoms with Crippen LogP contribution in [-0.4, -0.2) is 24.1 Å². The van der Waals surface area contributed by atoms with E-state index in [1.165, 1.54) is 0 Å². The largest absolute Gasteiger partial charge is 0.460 e. The number of thiol groups is 1. The maximum Gasteiger partial charge on any atom is 0.379 e. The lowest BCUT2D eigenvalue weighted by Gasteiger charge is -2.00. The summed E-state index contributed by atoms with van der Waals surface area (Å²) in [6, 6.07) is 6.48. The maximum absolute atomic E-state index is 11.5. The van der Waals surface area contributed by atoms with Gasteiger partial charge < -0.3 is 4.74 Å². The van der Waals surface area contributed by atoms with Crippen molar-refractivity contribution in [2.75, 3.05) is 12.4 Å². The summed E-state index contributed by atoms with van der Waals surface area (Å²) >= 11 is 3.97. The fourth-order valence-electron chi connectivity index (χ4n) is 1.16. The minimum Gasteiger partial charge on any atom is -0.460 e. The van der Waals surface area contributed by atoms with Gasteiger partial charge in [0.1, 0.15) is 0 Å². The average molecular weight is 248 g/mol. The molecule has 0 aliphatic heterocycles. The second-order valence-electron chi connectivity index (χ2n) is 3.09. The number of Topliss-reactive ketones (excluding diaryl/α,β-unsaturated/α-hetero) is 1. The van der Waals surface area contributed by atoms with Crippen LogP contribution in [0, 0.1) is 11.8 Å². The van der Waals surface area contributed by atoms with Crippen molar-refractivity contribution in [3.63, 3.8) is 0 Å². The molecule has 17 heavy (non-hydrogen) atoms. The van der Waals surface area contributed by atoms with Crippen molar-refractivity contribution in [3.8, 4) is 11.8 Å². The molecular formula is C13H12O3S. The fourth-order valence-corrected chi connectivity index (χ4v) is 1.24. The van der Waals surface area contributed by atoms with Gasteiger partial charge in [-0.2, -0.15) is 12.6 Å². The second-order valence-corrected chi connectivity index (χ2v) is 3.40. The topological polar surface area (TPSA) is 43.4 Å². The number of ether oxygens (including phenoxy) is 1. The van der Waals surface area contributed by atoms with E-state index in [0.717, 1.165) is 5.56 Å². The predicted molar refractivity (Wildman–Crippen MR) is 68.1 cm³/mol. The van der Waals surface area contributed by atoms with E-state index in [1.807, 2.05) is 0 Å². The zero-order chi connectivity index (χ0) is 12.7. The minimum absolute atomic E-state index is 0.191. The average Bonchev–Trinajstić information content (AvgIpc) is 2.36. The summed E-state index contributed by atoms with van der Waals surface area (Å²) in [7, 11) is 0. The smallest absolute Gasteiger partial charge is 0.379 e. The summed E-state index contributed by atoms with van der Waals surface area (Å²) < 4.78 is 4.63. The standard InChI is InChI=1S/C13H12O3S/c1-2-16-13(15)12(14)11-7-5-10(6-8-11)4-3-9-17/h5-8,17H,2,9H2,1H3. The molecule has 0 unspecified atom stereocenters. The van der Waals surface area contributed by atoms with E-state index in [-0.39, 0.29) is 6.61 Å². The molecule has 88 valence electrons. The molecular weight excluding hydrogens is 236 g/mol. The molecule has 0 aliphatic rings. The number of benzene rings is 1. The summed E-state index contributed by atoms with van der Waals surface area (Å²) in [6.07, 6.45) is 0. The molecule has 0 aliphatic carbocycles. The van der Waals surface area contributed by atoms with Crippen LogP contribution in [0.4, 0.5) is 0 Å². The van der Waals surface area contributed by atoms with Crippen molar-refractivity contribution in [1.29, 1.82) is 0 Å². The Bertz CT molecular complexity index is 466. The van der Waals surface area contributed by atoms with E-state index < -0.39 is 11.8 Å². The molecule has 3 nitrogen and oxygen atoms in total. The number of hydrogen-bond donors (Lipinski definition) is 1. The third-order valence-corrected chi connectivity index (χ3v) is 2.08. The molecule has 0 radical (unpaired) electrons. The van der Waals surface area contributed by atoms with E-state index in [0.29, 0.717) is 11.3 Å². The Hall–Kier alpha value is -1.73. The van der Waals surface area contributed by atoms with E-state index >= 15 is 0 Å². The van der Waals surface area contributed by atoms with Gasteiger partial charge in [0.15, 0.2) is 0 Å². The highest BCUT2D eigenvalue weighted by atomic mass is 32.1. The molecule has 0 saturated carbocycles. The summed E-state index contributed by atoms with van der Waals surface area (Å²) in [4.78, 5) is 22.7. The lowest BCUT2D eigenvalue weighted by molar-refractivity contribution is -0.137. The highest BCUT2D eigenvalue weighted by molar-refractivity contribution is 7.80. The fraction of sp³-hybridized carbons (Fsp3) is 0.231. The third kappa shape index (κ3) is 3.97. The molecule has 0 saturated heterocycles. The number of hydrogen-bond acceptors (Lipinski definition) is 4. The van der Waals surface area contributed by atoms with Crippen LogP contribution in [0.1, 0.15) is 22.8 Å². The third-order valence-electron chi connectivity index (χ3n) is 1.92. The van der Waals surface area contributed by atoms with Crippen molar-refractivity contribution in [2.24, 2.45) is 0 Å². The monoisotopic (exact) mass is 248 g/mol. The van der Waals surface area contributed by atoms with Gasteiger partial charge in [-0.15, -0.1) is 0 Å². The van der Waals surface area contributed by atoms with Crippen LogP contribution in [0.5, 0.6) is 0 Å². The van der Waals surface area contributed by atoms with Crippen LogP contribution < -0.4 is 0 Å². The number of carbonyl (C=O) groups is 2. The Kier molecular flexibility index (Phi) is 5.31. The van der Waals surface area contributed by atoms with Crippen LogP contribution in [0.15, 0.2) is 24.3 Å². The van der Waals surface area contributed by atoms with E-state index in [1.54, 1.807) is 31.2 Å². The highest BCUT2D eigenvalue weighted by Gasteiger charge is 2.16. The van der Waals surface area contributed by atoms with Crippen LogP contribution in [0.25, 0.3) is 0 Å². The zero-order valence-corrected chi connectivity index (χ0v) is 10.3. The van der Waals surface area contributed by atoms with Gasteiger partial charge in [0, 0.05) is 11.1 Å². The number of ketones is 1. The lowest BCUT2D eigenvalue weighted by Crippen LogP contribution is -2.17. The van der Waals surface area contributed by atoms with Crippen molar-refractivity contribution in [3.05, 3.63) is 35.4 Å². The van der Waals surface area contributed by atoms with E-state index in [4.69, 9.17) is 0 Å². The molecule has 0 spiro atoms. The van der Waals surface area contributed by atoms with Crippen molar-refractivity contribution in [1.82, 2.24) is 0 Å². The molecule has 4 heteroatoms. The molecule has 1 aromatic rings. The van der Waals surface area contributed by atoms with E-state index in [9.17, 15) is 9.59 Å². The Labute approximate surface area is 106 Å². The SMILES string of the molecule is CCOC(=O)C(=O)c1ccc(C#CCS)cc1. The van der Waals surface area contributed by atoms with Crippen LogP contribution >= 0.6 is 12.6 Å². The minimum atomic E-state index is -0.832. The first-order chi connectivity index (χ1) is 8.19. The van der Waals surface area contributed by atoms with E-state index in [2.05, 4.69) is 29.2 Å². The Morgan fingerprint density at radius 1 is 1.29 bits per heavy atom. The number of rotatable bonds is 3. The summed E-state index contributed by atoms with van der Waals surface area (Å²) in [5.74, 6) is 4.66. The molecule has 1 aromatic carbocycles. The van der Waals surface area contributed by atoms with Gasteiger partial charge in [0.05, 0.1) is 12.4 Å². The van der Waals surface area contributed by atoms with Gasteiger partial charge in [0.25, 0.3) is 5.78 Å². The van der Waals surface area contributed by atoms with Crippen LogP contribution in [-0.2, 0) is 9.53 Å². The summed E-state index contributed by atoms with van der Waals surface area (Å²) in [6.45, 7) is 1.84. The van der Waals surface area contributed by atoms with Crippen molar-refractivity contribution in [2.45, 2.75) is 6.92 Å². The first-order valence-corrected chi connectivity index (χ1v) is 5.73. The quantitative estimate of drug-likeness (QED) is 0.291. The normalized spacial score (nSPS) is 9.06. The number of carbonyl (C=O) groups excluding carboxylic acids is 2. The molecule has 0 heterocycles. The Morgan fingerprint density at radius 3 is 2.47 bits per heavy atom. The van der Waals surface area contributed by atoms with Gasteiger partial charge in [0.2, 0.25) is 0 Å². The molecule has 0 atom stereocenters. The van der Waals surface area contributed by atoms with Gasteiger partial charge >= 0.3 is 5.97 Å². The lowest BCUT2D eigenvalue weighted by atomic mass is 10.1. The van der Waals surface area contributed by atoms with Crippen molar-refractivity contribution >= 4 is 24.4 Å². The summed E-state index contributed by atoms with van der Waals surface area (Å²) in [5.41, 5.74) is 1.08. The predicted octanol–water partition coefficient (Wildman–Crippen LogP) is 1.71. The zero-order valence-electron chi connectivity index (χ0n) is 9.40. The van der Waals surface area contributed by atoms with Gasteiger partial charge in [-0.3, -0.25) is 4.79 Å².